The smallest absolute Gasteiger partial charge is 0.163 e. The van der Waals surface area contributed by atoms with Gasteiger partial charge in [-0.15, -0.1) is 22.7 Å². The van der Waals surface area contributed by atoms with Gasteiger partial charge in [0.05, 0.1) is 20.4 Å². The maximum absolute atomic E-state index is 7.58. The van der Waals surface area contributed by atoms with Crippen LogP contribution in [-0.2, 0) is 0 Å². The summed E-state index contributed by atoms with van der Waals surface area (Å²) in [7, 11) is 0. The van der Waals surface area contributed by atoms with E-state index >= 15 is 0 Å². The first kappa shape index (κ1) is 17.5. The van der Waals surface area contributed by atoms with E-state index in [1.165, 1.54) is 22.7 Å². The molecule has 0 saturated carbocycles. The van der Waals surface area contributed by atoms with Gasteiger partial charge < -0.3 is 15.9 Å². The number of nitrogen functional groups attached to an aromatic ring is 2. The van der Waals surface area contributed by atoms with Crippen molar-refractivity contribution in [1.29, 1.82) is 10.8 Å². The number of benzene rings is 2. The van der Waals surface area contributed by atoms with Crippen molar-refractivity contribution in [2.75, 3.05) is 0 Å². The lowest BCUT2D eigenvalue weighted by Crippen LogP contribution is -2.10. The van der Waals surface area contributed by atoms with Crippen molar-refractivity contribution in [3.8, 4) is 21.5 Å². The van der Waals surface area contributed by atoms with Gasteiger partial charge in [0.15, 0.2) is 21.5 Å². The third-order valence-corrected chi connectivity index (χ3v) is 6.49. The number of hydrogen-bond acceptors (Lipinski definition) is 7. The van der Waals surface area contributed by atoms with Gasteiger partial charge in [0.25, 0.3) is 0 Å². The van der Waals surface area contributed by atoms with E-state index in [9.17, 15) is 0 Å². The van der Waals surface area contributed by atoms with E-state index in [1.807, 2.05) is 36.4 Å². The second kappa shape index (κ2) is 6.50. The zero-order valence-corrected chi connectivity index (χ0v) is 16.5. The molecule has 0 aliphatic heterocycles. The maximum Gasteiger partial charge on any atom is 0.163 e. The molecule has 0 amide bonds. The Balaban J connectivity index is 1.52. The quantitative estimate of drug-likeness (QED) is 0.253. The average Bonchev–Trinajstić information content (AvgIpc) is 3.42. The highest BCUT2D eigenvalue weighted by Crippen LogP contribution is 2.36. The predicted molar refractivity (Wildman–Crippen MR) is 118 cm³/mol. The van der Waals surface area contributed by atoms with Crippen molar-refractivity contribution in [1.82, 2.24) is 9.97 Å². The fourth-order valence-electron chi connectivity index (χ4n) is 2.96. The summed E-state index contributed by atoms with van der Waals surface area (Å²) in [5.41, 5.74) is 14.2. The highest BCUT2D eigenvalue weighted by molar-refractivity contribution is 7.22. The van der Waals surface area contributed by atoms with Crippen molar-refractivity contribution < 1.29 is 4.42 Å². The Morgan fingerprint density at radius 1 is 0.724 bits per heavy atom. The summed E-state index contributed by atoms with van der Waals surface area (Å²) >= 11 is 2.98. The molecule has 5 rings (SSSR count). The summed E-state index contributed by atoms with van der Waals surface area (Å²) < 4.78 is 7.93. The normalized spacial score (nSPS) is 11.3. The highest BCUT2D eigenvalue weighted by Gasteiger charge is 2.15. The number of nitrogens with two attached hydrogens (primary N) is 2. The SMILES string of the molecule is N=C(N)c1ccc2nc(-c3ccc(-c4nc5ccc(C(=N)N)cc5s4)o3)sc2c1. The van der Waals surface area contributed by atoms with Crippen LogP contribution < -0.4 is 11.5 Å². The summed E-state index contributed by atoms with van der Waals surface area (Å²) in [5, 5.41) is 16.7. The van der Waals surface area contributed by atoms with E-state index in [0.29, 0.717) is 22.6 Å². The number of rotatable bonds is 4. The standard InChI is InChI=1S/C20H14N6OS2/c21-17(22)9-1-3-11-15(7-9)28-19(25-11)13-5-6-14(27-13)20-26-12-4-2-10(18(23)24)8-16(12)29-20/h1-8H,(H3,21,22)(H3,23,24). The molecule has 0 aliphatic carbocycles. The molecule has 3 aromatic heterocycles. The average molecular weight is 419 g/mol. The monoisotopic (exact) mass is 418 g/mol. The summed E-state index contributed by atoms with van der Waals surface area (Å²) in [6, 6.07) is 14.8. The molecule has 6 N–H and O–H groups in total. The van der Waals surface area contributed by atoms with E-state index < -0.39 is 0 Å². The van der Waals surface area contributed by atoms with Gasteiger partial charge in [0, 0.05) is 11.1 Å². The van der Waals surface area contributed by atoms with Gasteiger partial charge in [0.1, 0.15) is 11.7 Å². The molecule has 142 valence electrons. The van der Waals surface area contributed by atoms with Gasteiger partial charge in [-0.2, -0.15) is 0 Å². The van der Waals surface area contributed by atoms with Crippen LogP contribution in [0.4, 0.5) is 0 Å². The molecule has 7 nitrogen and oxygen atoms in total. The fourth-order valence-corrected chi connectivity index (χ4v) is 4.90. The maximum atomic E-state index is 7.58. The van der Waals surface area contributed by atoms with Crippen molar-refractivity contribution >= 4 is 54.8 Å². The van der Waals surface area contributed by atoms with E-state index in [4.69, 9.17) is 26.7 Å². The first-order chi connectivity index (χ1) is 14.0. The molecule has 29 heavy (non-hydrogen) atoms. The number of nitrogens with one attached hydrogen (secondary N) is 2. The zero-order chi connectivity index (χ0) is 20.1. The molecular formula is C20H14N6OS2. The number of fused-ring (bicyclic) bond motifs is 2. The predicted octanol–water partition coefficient (Wildman–Crippen LogP) is 4.40. The first-order valence-corrected chi connectivity index (χ1v) is 10.2. The lowest BCUT2D eigenvalue weighted by atomic mass is 10.2. The van der Waals surface area contributed by atoms with Crippen molar-refractivity contribution in [3.63, 3.8) is 0 Å². The third-order valence-electron chi connectivity index (χ3n) is 4.43. The lowest BCUT2D eigenvalue weighted by Gasteiger charge is -1.95. The Bertz CT molecular complexity index is 1320. The van der Waals surface area contributed by atoms with Gasteiger partial charge in [0.2, 0.25) is 0 Å². The van der Waals surface area contributed by atoms with Crippen LogP contribution in [0.25, 0.3) is 42.0 Å². The van der Waals surface area contributed by atoms with Crippen LogP contribution in [0.5, 0.6) is 0 Å². The first-order valence-electron chi connectivity index (χ1n) is 8.58. The molecule has 2 aromatic carbocycles. The molecule has 0 aliphatic rings. The number of aromatic nitrogens is 2. The van der Waals surface area contributed by atoms with Crippen molar-refractivity contribution in [2.45, 2.75) is 0 Å². The van der Waals surface area contributed by atoms with Crippen LogP contribution in [0.2, 0.25) is 0 Å². The number of furan rings is 1. The Kier molecular flexibility index (Phi) is 3.93. The number of amidine groups is 2. The minimum atomic E-state index is 0.0332. The summed E-state index contributed by atoms with van der Waals surface area (Å²) in [4.78, 5) is 9.25. The van der Waals surface area contributed by atoms with Crippen LogP contribution in [0, 0.1) is 10.8 Å². The summed E-state index contributed by atoms with van der Waals surface area (Å²) in [5.74, 6) is 1.39. The van der Waals surface area contributed by atoms with Gasteiger partial charge in [-0.3, -0.25) is 10.8 Å². The minimum absolute atomic E-state index is 0.0332. The zero-order valence-electron chi connectivity index (χ0n) is 14.9. The molecule has 0 unspecified atom stereocenters. The van der Waals surface area contributed by atoms with Gasteiger partial charge in [-0.1, -0.05) is 0 Å². The van der Waals surface area contributed by atoms with E-state index in [1.54, 1.807) is 12.1 Å². The molecule has 3 heterocycles. The second-order valence-corrected chi connectivity index (χ2v) is 8.46. The van der Waals surface area contributed by atoms with E-state index in [0.717, 1.165) is 30.4 Å². The molecule has 9 heteroatoms. The van der Waals surface area contributed by atoms with Crippen molar-refractivity contribution in [2.24, 2.45) is 11.5 Å². The Morgan fingerprint density at radius 2 is 1.17 bits per heavy atom. The minimum Gasteiger partial charge on any atom is -0.451 e. The number of hydrogen-bond donors (Lipinski definition) is 4. The lowest BCUT2D eigenvalue weighted by molar-refractivity contribution is 0.596. The third kappa shape index (κ3) is 3.06. The Hall–Kier alpha value is -3.56. The topological polar surface area (TPSA) is 139 Å². The molecular weight excluding hydrogens is 404 g/mol. The molecule has 0 spiro atoms. The van der Waals surface area contributed by atoms with Crippen LogP contribution >= 0.6 is 22.7 Å². The number of thiazole rings is 2. The fraction of sp³-hybridized carbons (Fsp3) is 0. The van der Waals surface area contributed by atoms with Crippen LogP contribution in [0.3, 0.4) is 0 Å². The molecule has 0 radical (unpaired) electrons. The van der Waals surface area contributed by atoms with Gasteiger partial charge >= 0.3 is 0 Å². The molecule has 0 fully saturated rings. The Morgan fingerprint density at radius 3 is 1.59 bits per heavy atom. The van der Waals surface area contributed by atoms with E-state index in [-0.39, 0.29) is 11.7 Å². The largest absolute Gasteiger partial charge is 0.451 e. The Labute approximate surface area is 172 Å². The van der Waals surface area contributed by atoms with Crippen LogP contribution in [0.1, 0.15) is 11.1 Å². The van der Waals surface area contributed by atoms with Gasteiger partial charge in [-0.25, -0.2) is 9.97 Å². The molecule has 0 atom stereocenters. The molecule has 0 bridgehead atoms. The van der Waals surface area contributed by atoms with Gasteiger partial charge in [-0.05, 0) is 48.5 Å². The number of nitrogens with zero attached hydrogens (tertiary/aromatic N) is 2. The molecule has 0 saturated heterocycles. The van der Waals surface area contributed by atoms with Crippen LogP contribution in [-0.4, -0.2) is 21.6 Å². The summed E-state index contributed by atoms with van der Waals surface area (Å²) in [6.45, 7) is 0. The van der Waals surface area contributed by atoms with Crippen LogP contribution in [0.15, 0.2) is 52.9 Å². The van der Waals surface area contributed by atoms with Crippen molar-refractivity contribution in [3.05, 3.63) is 59.7 Å². The summed E-state index contributed by atoms with van der Waals surface area (Å²) in [6.07, 6.45) is 0. The second-order valence-electron chi connectivity index (χ2n) is 6.39. The highest BCUT2D eigenvalue weighted by atomic mass is 32.1. The molecule has 5 aromatic rings. The van der Waals surface area contributed by atoms with E-state index in [2.05, 4.69) is 9.97 Å².